The van der Waals surface area contributed by atoms with Gasteiger partial charge < -0.3 is 5.32 Å². The number of nitrogens with zero attached hydrogens (tertiary/aromatic N) is 6. The number of thioether (sulfide) groups is 1. The maximum absolute atomic E-state index is 13.6. The lowest BCUT2D eigenvalue weighted by molar-refractivity contribution is 0.0935. The molecule has 0 spiro atoms. The van der Waals surface area contributed by atoms with Crippen molar-refractivity contribution in [1.82, 2.24) is 34.7 Å². The van der Waals surface area contributed by atoms with E-state index >= 15 is 0 Å². The summed E-state index contributed by atoms with van der Waals surface area (Å²) in [6.45, 7) is 4.15. The highest BCUT2D eigenvalue weighted by Gasteiger charge is 2.29. The van der Waals surface area contributed by atoms with E-state index in [9.17, 15) is 4.79 Å². The third-order valence-electron chi connectivity index (χ3n) is 5.88. The Labute approximate surface area is 190 Å². The van der Waals surface area contributed by atoms with E-state index < -0.39 is 0 Å². The van der Waals surface area contributed by atoms with Crippen molar-refractivity contribution < 1.29 is 4.79 Å². The lowest BCUT2D eigenvalue weighted by atomic mass is 10.1. The van der Waals surface area contributed by atoms with Crippen LogP contribution in [0.2, 0.25) is 0 Å². The van der Waals surface area contributed by atoms with Crippen LogP contribution in [0.25, 0.3) is 16.7 Å². The molecule has 0 aromatic carbocycles. The van der Waals surface area contributed by atoms with E-state index in [1.54, 1.807) is 18.0 Å². The van der Waals surface area contributed by atoms with Crippen LogP contribution in [-0.2, 0) is 0 Å². The first-order valence-corrected chi connectivity index (χ1v) is 12.4. The van der Waals surface area contributed by atoms with Crippen molar-refractivity contribution in [2.24, 2.45) is 0 Å². The molecule has 1 aliphatic carbocycles. The van der Waals surface area contributed by atoms with E-state index in [0.29, 0.717) is 11.5 Å². The second-order valence-corrected chi connectivity index (χ2v) is 9.57. The van der Waals surface area contributed by atoms with Crippen LogP contribution in [0.3, 0.4) is 0 Å². The zero-order valence-corrected chi connectivity index (χ0v) is 19.3. The maximum atomic E-state index is 13.6. The van der Waals surface area contributed by atoms with Crippen molar-refractivity contribution >= 4 is 34.3 Å². The number of carbonyl (C=O) groups excluding carboxylic acids is 1. The molecule has 4 aromatic rings. The predicted molar refractivity (Wildman–Crippen MR) is 126 cm³/mol. The number of aromatic nitrogens is 6. The molecule has 1 N–H and O–H groups in total. The summed E-state index contributed by atoms with van der Waals surface area (Å²) in [7, 11) is 0. The molecule has 0 saturated heterocycles. The molecular weight excluding hydrogens is 422 g/mol. The smallest absolute Gasteiger partial charge is 0.252 e. The van der Waals surface area contributed by atoms with Gasteiger partial charge >= 0.3 is 0 Å². The number of rotatable bonds is 8. The van der Waals surface area contributed by atoms with Crippen molar-refractivity contribution in [3.63, 3.8) is 0 Å². The second-order valence-electron chi connectivity index (χ2n) is 8.58. The van der Waals surface area contributed by atoms with Gasteiger partial charge in [0.15, 0.2) is 17.1 Å². The molecular formula is C23H27N7OS. The number of nitrogens with one attached hydrogen (secondary N) is 1. The third kappa shape index (κ3) is 3.85. The van der Waals surface area contributed by atoms with Crippen LogP contribution < -0.4 is 5.32 Å². The number of amides is 1. The van der Waals surface area contributed by atoms with Crippen LogP contribution in [0.4, 0.5) is 0 Å². The first-order chi connectivity index (χ1) is 15.6. The van der Waals surface area contributed by atoms with Gasteiger partial charge in [-0.2, -0.15) is 16.9 Å². The summed E-state index contributed by atoms with van der Waals surface area (Å²) >= 11 is 1.75. The average molecular weight is 450 g/mol. The molecule has 1 atom stereocenters. The highest BCUT2D eigenvalue weighted by Crippen LogP contribution is 2.40. The summed E-state index contributed by atoms with van der Waals surface area (Å²) in [5.41, 5.74) is 3.17. The number of carbonyl (C=O) groups is 1. The Hall–Kier alpha value is -2.94. The van der Waals surface area contributed by atoms with Gasteiger partial charge in [0, 0.05) is 23.9 Å². The minimum Gasteiger partial charge on any atom is -0.342 e. The molecule has 1 saturated carbocycles. The van der Waals surface area contributed by atoms with E-state index in [4.69, 9.17) is 4.98 Å². The molecule has 4 heterocycles. The molecule has 166 valence electrons. The molecule has 9 heteroatoms. The van der Waals surface area contributed by atoms with Gasteiger partial charge in [0.25, 0.3) is 5.91 Å². The Morgan fingerprint density at radius 1 is 1.28 bits per heavy atom. The van der Waals surface area contributed by atoms with Crippen LogP contribution in [0.5, 0.6) is 0 Å². The zero-order chi connectivity index (χ0) is 22.2. The first kappa shape index (κ1) is 20.9. The Morgan fingerprint density at radius 2 is 2.12 bits per heavy atom. The normalized spacial score (nSPS) is 15.0. The predicted octanol–water partition coefficient (Wildman–Crippen LogP) is 4.16. The minimum atomic E-state index is -0.250. The summed E-state index contributed by atoms with van der Waals surface area (Å²) < 4.78 is 3.84. The van der Waals surface area contributed by atoms with Crippen molar-refractivity contribution in [3.8, 4) is 0 Å². The number of fused-ring (bicyclic) bond motifs is 2. The Morgan fingerprint density at radius 3 is 2.88 bits per heavy atom. The van der Waals surface area contributed by atoms with E-state index in [1.165, 1.54) is 0 Å². The van der Waals surface area contributed by atoms with E-state index in [2.05, 4.69) is 40.7 Å². The maximum Gasteiger partial charge on any atom is 0.252 e. The summed E-state index contributed by atoms with van der Waals surface area (Å²) in [4.78, 5) is 18.5. The third-order valence-corrected chi connectivity index (χ3v) is 6.53. The van der Waals surface area contributed by atoms with Crippen LogP contribution >= 0.6 is 11.8 Å². The Kier molecular flexibility index (Phi) is 5.58. The van der Waals surface area contributed by atoms with Crippen LogP contribution in [0.15, 0.2) is 36.7 Å². The lowest BCUT2D eigenvalue weighted by Gasteiger charge is -2.18. The summed E-state index contributed by atoms with van der Waals surface area (Å²) in [6, 6.07) is 7.67. The van der Waals surface area contributed by atoms with Crippen LogP contribution in [0, 0.1) is 0 Å². The van der Waals surface area contributed by atoms with Gasteiger partial charge in [-0.15, -0.1) is 10.2 Å². The molecule has 1 fully saturated rings. The highest BCUT2D eigenvalue weighted by molar-refractivity contribution is 7.98. The summed E-state index contributed by atoms with van der Waals surface area (Å²) in [5.74, 6) is 1.96. The van der Waals surface area contributed by atoms with E-state index in [0.717, 1.165) is 53.2 Å². The van der Waals surface area contributed by atoms with Crippen LogP contribution in [-0.4, -0.2) is 47.3 Å². The van der Waals surface area contributed by atoms with Crippen LogP contribution in [0.1, 0.15) is 73.0 Å². The lowest BCUT2D eigenvalue weighted by Crippen LogP contribution is -2.30. The number of pyridine rings is 2. The molecule has 5 rings (SSSR count). The highest BCUT2D eigenvalue weighted by atomic mass is 32.2. The standard InChI is InChI=1S/C23H27N7OS/c1-14(2)30-21-17(13-24-30)16(12-19(25-21)15-7-8-15)23(31)26-18(9-11-32-3)22-28-27-20-6-4-5-10-29(20)22/h4-6,10,12-15,18H,7-9,11H2,1-3H3,(H,26,31). The van der Waals surface area contributed by atoms with Gasteiger partial charge in [0.1, 0.15) is 0 Å². The molecule has 1 amide bonds. The molecule has 32 heavy (non-hydrogen) atoms. The number of hydrogen-bond acceptors (Lipinski definition) is 6. The zero-order valence-electron chi connectivity index (χ0n) is 18.5. The first-order valence-electron chi connectivity index (χ1n) is 11.0. The molecule has 0 radical (unpaired) electrons. The molecule has 1 aliphatic rings. The van der Waals surface area contributed by atoms with Gasteiger partial charge in [-0.1, -0.05) is 6.07 Å². The molecule has 0 aliphatic heterocycles. The van der Waals surface area contributed by atoms with Gasteiger partial charge in [-0.3, -0.25) is 9.20 Å². The van der Waals surface area contributed by atoms with Gasteiger partial charge in [0.05, 0.1) is 23.2 Å². The molecule has 8 nitrogen and oxygen atoms in total. The summed E-state index contributed by atoms with van der Waals surface area (Å²) in [5, 5.41) is 17.2. The van der Waals surface area contributed by atoms with Gasteiger partial charge in [0.2, 0.25) is 0 Å². The van der Waals surface area contributed by atoms with Crippen molar-refractivity contribution in [1.29, 1.82) is 0 Å². The quantitative estimate of drug-likeness (QED) is 0.434. The van der Waals surface area contributed by atoms with Gasteiger partial charge in [-0.05, 0) is 63.3 Å². The molecule has 0 bridgehead atoms. The summed E-state index contributed by atoms with van der Waals surface area (Å²) in [6.07, 6.45) is 8.77. The number of hydrogen-bond donors (Lipinski definition) is 1. The van der Waals surface area contributed by atoms with Gasteiger partial charge in [-0.25, -0.2) is 9.67 Å². The van der Waals surface area contributed by atoms with Crippen molar-refractivity contribution in [2.75, 3.05) is 12.0 Å². The Bertz CT molecular complexity index is 1270. The minimum absolute atomic E-state index is 0.124. The molecule has 1 unspecified atom stereocenters. The fourth-order valence-electron chi connectivity index (χ4n) is 4.03. The fourth-order valence-corrected chi connectivity index (χ4v) is 4.50. The second kappa shape index (κ2) is 8.54. The topological polar surface area (TPSA) is 90.0 Å². The van der Waals surface area contributed by atoms with Crippen molar-refractivity contribution in [2.45, 2.75) is 51.1 Å². The molecule has 4 aromatic heterocycles. The average Bonchev–Trinajstić information content (AvgIpc) is 3.41. The van der Waals surface area contributed by atoms with Crippen molar-refractivity contribution in [3.05, 3.63) is 53.7 Å². The Balaban J connectivity index is 1.53. The van der Waals surface area contributed by atoms with E-state index in [-0.39, 0.29) is 18.0 Å². The monoisotopic (exact) mass is 449 g/mol. The van der Waals surface area contributed by atoms with E-state index in [1.807, 2.05) is 39.5 Å². The SMILES string of the molecule is CSCCC(NC(=O)c1cc(C2CC2)nc2c1cnn2C(C)C)c1nnc2ccccn12. The largest absolute Gasteiger partial charge is 0.342 e. The fraction of sp³-hybridized carbons (Fsp3) is 0.435.